The molecule has 0 aromatic heterocycles. The summed E-state index contributed by atoms with van der Waals surface area (Å²) in [5.74, 6) is -0.00280. The molecule has 0 unspecified atom stereocenters. The number of hydrogen-bond acceptors (Lipinski definition) is 3. The lowest BCUT2D eigenvalue weighted by Crippen LogP contribution is -2.34. The van der Waals surface area contributed by atoms with Crippen LogP contribution in [0, 0.1) is 11.7 Å². The van der Waals surface area contributed by atoms with Gasteiger partial charge in [-0.15, -0.1) is 0 Å². The Morgan fingerprint density at radius 1 is 1.08 bits per heavy atom. The molecule has 136 valence electrons. The Labute approximate surface area is 152 Å². The van der Waals surface area contributed by atoms with Gasteiger partial charge in [-0.2, -0.15) is 0 Å². The lowest BCUT2D eigenvalue weighted by atomic mass is 10.1. The van der Waals surface area contributed by atoms with E-state index in [1.54, 1.807) is 12.1 Å². The van der Waals surface area contributed by atoms with Gasteiger partial charge in [0, 0.05) is 17.8 Å². The van der Waals surface area contributed by atoms with Gasteiger partial charge >= 0.3 is 0 Å². The minimum absolute atomic E-state index is 0.0496. The normalized spacial score (nSPS) is 13.3. The van der Waals surface area contributed by atoms with Gasteiger partial charge in [-0.25, -0.2) is 4.39 Å². The van der Waals surface area contributed by atoms with Gasteiger partial charge in [0.15, 0.2) is 0 Å². The van der Waals surface area contributed by atoms with E-state index in [9.17, 15) is 14.0 Å². The summed E-state index contributed by atoms with van der Waals surface area (Å²) in [4.78, 5) is 24.0. The number of amides is 2. The maximum absolute atomic E-state index is 12.9. The molecule has 0 heterocycles. The first-order valence-corrected chi connectivity index (χ1v) is 8.73. The van der Waals surface area contributed by atoms with Crippen molar-refractivity contribution < 1.29 is 14.0 Å². The lowest BCUT2D eigenvalue weighted by molar-refractivity contribution is -0.120. The molecule has 2 amide bonds. The van der Waals surface area contributed by atoms with E-state index >= 15 is 0 Å². The van der Waals surface area contributed by atoms with Gasteiger partial charge in [0.1, 0.15) is 5.82 Å². The van der Waals surface area contributed by atoms with Crippen molar-refractivity contribution in [3.05, 3.63) is 65.5 Å². The van der Waals surface area contributed by atoms with E-state index in [4.69, 9.17) is 0 Å². The molecule has 2 aromatic carbocycles. The van der Waals surface area contributed by atoms with Gasteiger partial charge in [-0.3, -0.25) is 9.59 Å². The fraction of sp³-hybridized carbons (Fsp3) is 0.300. The first kappa shape index (κ1) is 18.1. The van der Waals surface area contributed by atoms with Crippen LogP contribution >= 0.6 is 0 Å². The van der Waals surface area contributed by atoms with Crippen molar-refractivity contribution in [1.29, 1.82) is 0 Å². The molecular formula is C20H22FN3O2. The second-order valence-corrected chi connectivity index (χ2v) is 6.51. The molecule has 2 aromatic rings. The molecule has 5 nitrogen and oxygen atoms in total. The van der Waals surface area contributed by atoms with E-state index in [0.29, 0.717) is 24.3 Å². The third kappa shape index (κ3) is 5.67. The summed E-state index contributed by atoms with van der Waals surface area (Å²) in [6, 6.07) is 12.6. The Balaban J connectivity index is 1.48. The van der Waals surface area contributed by atoms with Crippen LogP contribution < -0.4 is 16.0 Å². The number of anilines is 1. The molecule has 0 saturated heterocycles. The molecule has 1 saturated carbocycles. The van der Waals surface area contributed by atoms with E-state index < -0.39 is 0 Å². The summed E-state index contributed by atoms with van der Waals surface area (Å²) in [7, 11) is 0. The smallest absolute Gasteiger partial charge is 0.255 e. The standard InChI is InChI=1S/C20H22FN3O2/c21-17-8-6-16(7-9-17)20(26)24-18-3-1-2-15(10-18)12-23-19(25)13-22-11-14-4-5-14/h1-3,6-10,14,22H,4-5,11-13H2,(H,23,25)(H,24,26). The second-order valence-electron chi connectivity index (χ2n) is 6.51. The first-order chi connectivity index (χ1) is 12.6. The van der Waals surface area contributed by atoms with Crippen LogP contribution in [-0.2, 0) is 11.3 Å². The van der Waals surface area contributed by atoms with Crippen LogP contribution in [0.1, 0.15) is 28.8 Å². The number of halogens is 1. The number of nitrogens with one attached hydrogen (secondary N) is 3. The molecular weight excluding hydrogens is 333 g/mol. The maximum atomic E-state index is 12.9. The monoisotopic (exact) mass is 355 g/mol. The molecule has 1 fully saturated rings. The van der Waals surface area contributed by atoms with Crippen LogP contribution in [0.5, 0.6) is 0 Å². The Kier molecular flexibility index (Phi) is 5.96. The number of carbonyl (C=O) groups excluding carboxylic acids is 2. The molecule has 0 bridgehead atoms. The average Bonchev–Trinajstić information content (AvgIpc) is 3.45. The van der Waals surface area contributed by atoms with Gasteiger partial charge in [-0.1, -0.05) is 12.1 Å². The van der Waals surface area contributed by atoms with Gasteiger partial charge in [0.25, 0.3) is 5.91 Å². The molecule has 0 aliphatic heterocycles. The van der Waals surface area contributed by atoms with E-state index in [1.807, 2.05) is 12.1 Å². The fourth-order valence-electron chi connectivity index (χ4n) is 2.54. The predicted molar refractivity (Wildman–Crippen MR) is 98.2 cm³/mol. The highest BCUT2D eigenvalue weighted by molar-refractivity contribution is 6.04. The largest absolute Gasteiger partial charge is 0.351 e. The molecule has 6 heteroatoms. The zero-order valence-corrected chi connectivity index (χ0v) is 14.4. The molecule has 0 atom stereocenters. The zero-order chi connectivity index (χ0) is 18.4. The predicted octanol–water partition coefficient (Wildman–Crippen LogP) is 2.69. The highest BCUT2D eigenvalue weighted by atomic mass is 19.1. The van der Waals surface area contributed by atoms with Gasteiger partial charge in [0.2, 0.25) is 5.91 Å². The van der Waals surface area contributed by atoms with E-state index in [-0.39, 0.29) is 17.6 Å². The van der Waals surface area contributed by atoms with Crippen LogP contribution in [0.3, 0.4) is 0 Å². The molecule has 26 heavy (non-hydrogen) atoms. The fourth-order valence-corrected chi connectivity index (χ4v) is 2.54. The number of rotatable bonds is 8. The summed E-state index contributed by atoms with van der Waals surface area (Å²) in [6.07, 6.45) is 2.51. The number of hydrogen-bond donors (Lipinski definition) is 3. The molecule has 1 aliphatic rings. The van der Waals surface area contributed by atoms with Crippen molar-refractivity contribution in [2.24, 2.45) is 5.92 Å². The molecule has 0 spiro atoms. The molecule has 3 N–H and O–H groups in total. The van der Waals surface area contributed by atoms with Gasteiger partial charge in [-0.05, 0) is 67.3 Å². The van der Waals surface area contributed by atoms with E-state index in [1.165, 1.54) is 37.1 Å². The van der Waals surface area contributed by atoms with Crippen molar-refractivity contribution in [3.8, 4) is 0 Å². The van der Waals surface area contributed by atoms with E-state index in [0.717, 1.165) is 18.0 Å². The summed E-state index contributed by atoms with van der Waals surface area (Å²) < 4.78 is 12.9. The van der Waals surface area contributed by atoms with Crippen LogP contribution in [0.15, 0.2) is 48.5 Å². The Morgan fingerprint density at radius 3 is 2.58 bits per heavy atom. The Morgan fingerprint density at radius 2 is 1.85 bits per heavy atom. The van der Waals surface area contributed by atoms with Crippen molar-refractivity contribution in [2.75, 3.05) is 18.4 Å². The summed E-state index contributed by atoms with van der Waals surface area (Å²) in [6.45, 7) is 1.61. The first-order valence-electron chi connectivity index (χ1n) is 8.73. The van der Waals surface area contributed by atoms with Crippen molar-refractivity contribution in [2.45, 2.75) is 19.4 Å². The van der Waals surface area contributed by atoms with Crippen molar-refractivity contribution in [1.82, 2.24) is 10.6 Å². The van der Waals surface area contributed by atoms with Crippen molar-refractivity contribution >= 4 is 17.5 Å². The topological polar surface area (TPSA) is 70.2 Å². The number of carbonyl (C=O) groups is 2. The van der Waals surface area contributed by atoms with Gasteiger partial charge in [0.05, 0.1) is 6.54 Å². The highest BCUT2D eigenvalue weighted by Gasteiger charge is 2.20. The third-order valence-corrected chi connectivity index (χ3v) is 4.20. The van der Waals surface area contributed by atoms with E-state index in [2.05, 4.69) is 16.0 Å². The van der Waals surface area contributed by atoms with Crippen LogP contribution in [0.4, 0.5) is 10.1 Å². The quantitative estimate of drug-likeness (QED) is 0.682. The van der Waals surface area contributed by atoms with Crippen LogP contribution in [0.2, 0.25) is 0 Å². The number of benzene rings is 2. The molecule has 1 aliphatic carbocycles. The second kappa shape index (κ2) is 8.58. The Bertz CT molecular complexity index is 773. The van der Waals surface area contributed by atoms with Crippen LogP contribution in [0.25, 0.3) is 0 Å². The minimum Gasteiger partial charge on any atom is -0.351 e. The molecule has 3 rings (SSSR count). The highest BCUT2D eigenvalue weighted by Crippen LogP contribution is 2.27. The van der Waals surface area contributed by atoms with Crippen LogP contribution in [-0.4, -0.2) is 24.9 Å². The molecule has 0 radical (unpaired) electrons. The van der Waals surface area contributed by atoms with Crippen molar-refractivity contribution in [3.63, 3.8) is 0 Å². The summed E-state index contributed by atoms with van der Waals surface area (Å²) >= 11 is 0. The van der Waals surface area contributed by atoms with Gasteiger partial charge < -0.3 is 16.0 Å². The summed E-state index contributed by atoms with van der Waals surface area (Å²) in [5.41, 5.74) is 1.89. The average molecular weight is 355 g/mol. The lowest BCUT2D eigenvalue weighted by Gasteiger charge is -2.09. The zero-order valence-electron chi connectivity index (χ0n) is 14.4. The Hall–Kier alpha value is -2.73. The minimum atomic E-state index is -0.383. The maximum Gasteiger partial charge on any atom is 0.255 e. The third-order valence-electron chi connectivity index (χ3n) is 4.20. The SMILES string of the molecule is O=C(CNCC1CC1)NCc1cccc(NC(=O)c2ccc(F)cc2)c1. The summed E-state index contributed by atoms with van der Waals surface area (Å²) in [5, 5.41) is 8.78.